The molecule has 0 heterocycles. The molecule has 0 bridgehead atoms. The highest BCUT2D eigenvalue weighted by Crippen LogP contribution is 2.28. The SMILES string of the molecule is CCc1ccc(C(=O)CCBr)c(OC(F)(F)F)c1. The average molecular weight is 325 g/mol. The number of carbonyl (C=O) groups excluding carboxylic acids is 1. The van der Waals surface area contributed by atoms with Crippen molar-refractivity contribution < 1.29 is 22.7 Å². The summed E-state index contributed by atoms with van der Waals surface area (Å²) in [6.07, 6.45) is -4.10. The van der Waals surface area contributed by atoms with E-state index < -0.39 is 12.1 Å². The molecule has 1 rings (SSSR count). The van der Waals surface area contributed by atoms with Crippen LogP contribution in [0.3, 0.4) is 0 Å². The molecular formula is C12H12BrF3O2. The Hall–Kier alpha value is -1.04. The predicted molar refractivity (Wildman–Crippen MR) is 65.2 cm³/mol. The zero-order chi connectivity index (χ0) is 13.8. The van der Waals surface area contributed by atoms with Crippen molar-refractivity contribution in [3.05, 3.63) is 29.3 Å². The van der Waals surface area contributed by atoms with E-state index in [2.05, 4.69) is 20.7 Å². The lowest BCUT2D eigenvalue weighted by molar-refractivity contribution is -0.274. The molecule has 0 radical (unpaired) electrons. The summed E-state index contributed by atoms with van der Waals surface area (Å²) < 4.78 is 40.7. The molecule has 0 atom stereocenters. The summed E-state index contributed by atoms with van der Waals surface area (Å²) in [6.45, 7) is 1.81. The summed E-state index contributed by atoms with van der Waals surface area (Å²) in [5.74, 6) is -0.804. The lowest BCUT2D eigenvalue weighted by Crippen LogP contribution is -2.19. The van der Waals surface area contributed by atoms with Gasteiger partial charge in [-0.2, -0.15) is 0 Å². The summed E-state index contributed by atoms with van der Waals surface area (Å²) in [4.78, 5) is 11.7. The summed E-state index contributed by atoms with van der Waals surface area (Å²) in [5, 5.41) is 0.396. The largest absolute Gasteiger partial charge is 0.573 e. The summed E-state index contributed by atoms with van der Waals surface area (Å²) in [7, 11) is 0. The van der Waals surface area contributed by atoms with Crippen LogP contribution in [0, 0.1) is 0 Å². The number of hydrogen-bond acceptors (Lipinski definition) is 2. The Kier molecular flexibility index (Phi) is 5.19. The first-order valence-corrected chi connectivity index (χ1v) is 6.47. The van der Waals surface area contributed by atoms with Gasteiger partial charge in [0.1, 0.15) is 5.75 Å². The van der Waals surface area contributed by atoms with Gasteiger partial charge in [-0.15, -0.1) is 13.2 Å². The Morgan fingerprint density at radius 3 is 2.56 bits per heavy atom. The number of alkyl halides is 4. The molecule has 0 aromatic heterocycles. The second-order valence-corrected chi connectivity index (χ2v) is 4.39. The van der Waals surface area contributed by atoms with E-state index in [1.54, 1.807) is 6.07 Å². The molecule has 0 saturated heterocycles. The third-order valence-corrected chi connectivity index (χ3v) is 2.70. The molecule has 0 spiro atoms. The highest BCUT2D eigenvalue weighted by atomic mass is 79.9. The fourth-order valence-corrected chi connectivity index (χ4v) is 1.81. The van der Waals surface area contributed by atoms with E-state index >= 15 is 0 Å². The van der Waals surface area contributed by atoms with E-state index in [1.165, 1.54) is 12.1 Å². The van der Waals surface area contributed by atoms with Crippen molar-refractivity contribution in [1.82, 2.24) is 0 Å². The number of Topliss-reactive ketones (excluding diaryl/α,β-unsaturated/α-hetero) is 1. The monoisotopic (exact) mass is 324 g/mol. The van der Waals surface area contributed by atoms with E-state index in [1.807, 2.05) is 6.92 Å². The van der Waals surface area contributed by atoms with E-state index in [9.17, 15) is 18.0 Å². The smallest absolute Gasteiger partial charge is 0.405 e. The number of rotatable bonds is 5. The van der Waals surface area contributed by atoms with Gasteiger partial charge in [-0.1, -0.05) is 28.9 Å². The molecule has 0 amide bonds. The van der Waals surface area contributed by atoms with Crippen LogP contribution in [-0.2, 0) is 6.42 Å². The summed E-state index contributed by atoms with van der Waals surface area (Å²) >= 11 is 3.08. The summed E-state index contributed by atoms with van der Waals surface area (Å²) in [6, 6.07) is 4.27. The van der Waals surface area contributed by atoms with Crippen molar-refractivity contribution in [3.8, 4) is 5.75 Å². The van der Waals surface area contributed by atoms with Gasteiger partial charge in [0.15, 0.2) is 5.78 Å². The minimum absolute atomic E-state index is 0.0380. The highest BCUT2D eigenvalue weighted by Gasteiger charge is 2.32. The topological polar surface area (TPSA) is 26.3 Å². The van der Waals surface area contributed by atoms with Crippen molar-refractivity contribution in [2.45, 2.75) is 26.1 Å². The van der Waals surface area contributed by atoms with E-state index in [-0.39, 0.29) is 17.8 Å². The zero-order valence-corrected chi connectivity index (χ0v) is 11.3. The van der Waals surface area contributed by atoms with Crippen LogP contribution in [0.1, 0.15) is 29.3 Å². The van der Waals surface area contributed by atoms with Crippen LogP contribution in [-0.4, -0.2) is 17.5 Å². The van der Waals surface area contributed by atoms with Crippen molar-refractivity contribution in [1.29, 1.82) is 0 Å². The normalized spacial score (nSPS) is 11.4. The number of hydrogen-bond donors (Lipinski definition) is 0. The number of carbonyl (C=O) groups is 1. The average Bonchev–Trinajstić information content (AvgIpc) is 2.27. The van der Waals surface area contributed by atoms with E-state index in [0.717, 1.165) is 0 Å². The molecular weight excluding hydrogens is 313 g/mol. The molecule has 0 saturated carbocycles. The first-order chi connectivity index (χ1) is 8.37. The van der Waals surface area contributed by atoms with Gasteiger partial charge in [0.2, 0.25) is 0 Å². The third-order valence-electron chi connectivity index (χ3n) is 2.30. The zero-order valence-electron chi connectivity index (χ0n) is 9.68. The molecule has 0 N–H and O–H groups in total. The number of ether oxygens (including phenoxy) is 1. The standard InChI is InChI=1S/C12H12BrF3O2/c1-2-8-3-4-9(10(17)5-6-13)11(7-8)18-12(14,15)16/h3-4,7H,2,5-6H2,1H3. The minimum Gasteiger partial charge on any atom is -0.405 e. The molecule has 1 aromatic rings. The third kappa shape index (κ3) is 4.33. The van der Waals surface area contributed by atoms with Crippen LogP contribution in [0.2, 0.25) is 0 Å². The molecule has 0 unspecified atom stereocenters. The van der Waals surface area contributed by atoms with Crippen molar-refractivity contribution in [2.75, 3.05) is 5.33 Å². The van der Waals surface area contributed by atoms with Gasteiger partial charge in [-0.25, -0.2) is 0 Å². The second-order valence-electron chi connectivity index (χ2n) is 3.59. The van der Waals surface area contributed by atoms with Gasteiger partial charge in [-0.05, 0) is 24.1 Å². The van der Waals surface area contributed by atoms with Crippen molar-refractivity contribution >= 4 is 21.7 Å². The van der Waals surface area contributed by atoms with Gasteiger partial charge < -0.3 is 4.74 Å². The lowest BCUT2D eigenvalue weighted by Gasteiger charge is -2.13. The maximum Gasteiger partial charge on any atom is 0.573 e. The molecule has 0 fully saturated rings. The van der Waals surface area contributed by atoms with Crippen molar-refractivity contribution in [2.24, 2.45) is 0 Å². The molecule has 1 aromatic carbocycles. The van der Waals surface area contributed by atoms with Crippen LogP contribution in [0.5, 0.6) is 5.75 Å². The Morgan fingerprint density at radius 2 is 2.06 bits per heavy atom. The van der Waals surface area contributed by atoms with Crippen LogP contribution in [0.25, 0.3) is 0 Å². The Balaban J connectivity index is 3.12. The fourth-order valence-electron chi connectivity index (χ4n) is 1.45. The number of halogens is 4. The number of ketones is 1. The molecule has 0 aliphatic carbocycles. The Bertz CT molecular complexity index is 430. The summed E-state index contributed by atoms with van der Waals surface area (Å²) in [5.41, 5.74) is 0.647. The van der Waals surface area contributed by atoms with Crippen LogP contribution >= 0.6 is 15.9 Å². The van der Waals surface area contributed by atoms with Gasteiger partial charge in [0, 0.05) is 11.8 Å². The van der Waals surface area contributed by atoms with Crippen LogP contribution < -0.4 is 4.74 Å². The molecule has 0 aliphatic rings. The first kappa shape index (κ1) is 15.0. The van der Waals surface area contributed by atoms with Crippen LogP contribution in [0.15, 0.2) is 18.2 Å². The maximum atomic E-state index is 12.3. The predicted octanol–water partition coefficient (Wildman–Crippen LogP) is 4.12. The van der Waals surface area contributed by atoms with E-state index in [4.69, 9.17) is 0 Å². The second kappa shape index (κ2) is 6.22. The van der Waals surface area contributed by atoms with Gasteiger partial charge in [0.25, 0.3) is 0 Å². The molecule has 100 valence electrons. The molecule has 2 nitrogen and oxygen atoms in total. The van der Waals surface area contributed by atoms with Crippen molar-refractivity contribution in [3.63, 3.8) is 0 Å². The minimum atomic E-state index is -4.80. The number of aryl methyl sites for hydroxylation is 1. The molecule has 18 heavy (non-hydrogen) atoms. The van der Waals surface area contributed by atoms with Gasteiger partial charge in [-0.3, -0.25) is 4.79 Å². The maximum absolute atomic E-state index is 12.3. The Labute approximate surface area is 111 Å². The first-order valence-electron chi connectivity index (χ1n) is 5.35. The quantitative estimate of drug-likeness (QED) is 0.601. The Morgan fingerprint density at radius 1 is 1.39 bits per heavy atom. The van der Waals surface area contributed by atoms with Gasteiger partial charge in [0.05, 0.1) is 5.56 Å². The van der Waals surface area contributed by atoms with E-state index in [0.29, 0.717) is 17.3 Å². The lowest BCUT2D eigenvalue weighted by atomic mass is 10.0. The number of benzene rings is 1. The van der Waals surface area contributed by atoms with Crippen LogP contribution in [0.4, 0.5) is 13.2 Å². The molecule has 0 aliphatic heterocycles. The molecule has 6 heteroatoms. The fraction of sp³-hybridized carbons (Fsp3) is 0.417. The highest BCUT2D eigenvalue weighted by molar-refractivity contribution is 9.09. The van der Waals surface area contributed by atoms with Gasteiger partial charge >= 0.3 is 6.36 Å².